The average Bonchev–Trinajstić information content (AvgIpc) is 2.73. The van der Waals surface area contributed by atoms with Crippen molar-refractivity contribution in [2.75, 3.05) is 0 Å². The molecule has 0 amide bonds. The minimum absolute atomic E-state index is 0.0672. The molecular weight excluding hydrogens is 460 g/mol. The number of carboxylic acids is 6. The van der Waals surface area contributed by atoms with Crippen molar-refractivity contribution in [1.29, 1.82) is 0 Å². The summed E-state index contributed by atoms with van der Waals surface area (Å²) in [5.41, 5.74) is -8.33. The molecule has 0 aliphatic rings. The number of carbonyl (C=O) groups is 6. The first-order valence-electron chi connectivity index (χ1n) is 9.03. The molecule has 0 bridgehead atoms. The van der Waals surface area contributed by atoms with Crippen molar-refractivity contribution in [2.45, 2.75) is 12.3 Å². The Morgan fingerprint density at radius 2 is 1.06 bits per heavy atom. The average molecular weight is 476 g/mol. The van der Waals surface area contributed by atoms with Gasteiger partial charge in [0.15, 0.2) is 0 Å². The lowest BCUT2D eigenvalue weighted by atomic mass is 9.60. The van der Waals surface area contributed by atoms with Gasteiger partial charge in [-0.3, -0.25) is 19.2 Å². The van der Waals surface area contributed by atoms with E-state index in [1.165, 1.54) is 0 Å². The summed E-state index contributed by atoms with van der Waals surface area (Å²) in [7, 11) is 0. The van der Waals surface area contributed by atoms with Gasteiger partial charge in [0, 0.05) is 0 Å². The maximum atomic E-state index is 12.0. The van der Waals surface area contributed by atoms with E-state index < -0.39 is 63.3 Å². The number of aromatic carboxylic acids is 2. The molecule has 0 fully saturated rings. The molecule has 0 aromatic heterocycles. The highest BCUT2D eigenvalue weighted by atomic mass is 16.5. The van der Waals surface area contributed by atoms with Crippen LogP contribution < -0.4 is 4.74 Å². The molecule has 2 aromatic rings. The number of aliphatic carboxylic acids is 4. The molecule has 0 aliphatic heterocycles. The molecule has 2 rings (SSSR count). The molecule has 13 nitrogen and oxygen atoms in total. The monoisotopic (exact) mass is 476 g/mol. The summed E-state index contributed by atoms with van der Waals surface area (Å²) in [6.07, 6.45) is 0. The lowest BCUT2D eigenvalue weighted by Crippen LogP contribution is -2.62. The van der Waals surface area contributed by atoms with Gasteiger partial charge in [0.2, 0.25) is 0 Å². The number of hydrogen-bond acceptors (Lipinski definition) is 7. The second kappa shape index (κ2) is 8.90. The molecule has 0 spiro atoms. The smallest absolute Gasteiger partial charge is 0.336 e. The van der Waals surface area contributed by atoms with E-state index in [1.807, 2.05) is 0 Å². The lowest BCUT2D eigenvalue weighted by molar-refractivity contribution is -0.187. The fourth-order valence-electron chi connectivity index (χ4n) is 3.36. The maximum Gasteiger partial charge on any atom is 0.336 e. The molecule has 0 heterocycles. The van der Waals surface area contributed by atoms with Crippen LogP contribution in [-0.4, -0.2) is 66.5 Å². The van der Waals surface area contributed by atoms with Crippen molar-refractivity contribution < 1.29 is 64.1 Å². The highest BCUT2D eigenvalue weighted by molar-refractivity contribution is 6.21. The molecule has 6 N–H and O–H groups in total. The summed E-state index contributed by atoms with van der Waals surface area (Å²) in [6, 6.07) is 7.07. The van der Waals surface area contributed by atoms with Gasteiger partial charge < -0.3 is 35.4 Å². The number of rotatable bonds is 10. The van der Waals surface area contributed by atoms with E-state index in [1.54, 1.807) is 0 Å². The summed E-state index contributed by atoms with van der Waals surface area (Å²) in [5.74, 6) is -12.5. The lowest BCUT2D eigenvalue weighted by Gasteiger charge is -2.36. The van der Waals surface area contributed by atoms with Crippen molar-refractivity contribution in [1.82, 2.24) is 0 Å². The molecular formula is C21H16O13. The normalized spacial score (nSPS) is 12.7. The fraction of sp³-hybridized carbons (Fsp3) is 0.143. The zero-order chi connectivity index (χ0) is 26.0. The Bertz CT molecular complexity index is 1180. The summed E-state index contributed by atoms with van der Waals surface area (Å²) >= 11 is 0. The minimum Gasteiger partial charge on any atom is -0.481 e. The third-order valence-electron chi connectivity index (χ3n) is 5.26. The Balaban J connectivity index is 2.56. The van der Waals surface area contributed by atoms with Crippen LogP contribution in [0.5, 0.6) is 11.5 Å². The van der Waals surface area contributed by atoms with E-state index in [4.69, 9.17) is 9.84 Å². The third-order valence-corrected chi connectivity index (χ3v) is 5.26. The molecule has 1 atom stereocenters. The number of hydrogen-bond donors (Lipinski definition) is 6. The van der Waals surface area contributed by atoms with Gasteiger partial charge in [-0.05, 0) is 42.8 Å². The molecule has 34 heavy (non-hydrogen) atoms. The van der Waals surface area contributed by atoms with Crippen LogP contribution in [0.3, 0.4) is 0 Å². The second-order valence-corrected chi connectivity index (χ2v) is 7.04. The van der Waals surface area contributed by atoms with Crippen molar-refractivity contribution in [2.24, 2.45) is 5.41 Å². The first kappa shape index (κ1) is 25.3. The SMILES string of the molecule is CC(C(=O)O)(c1ccc(Oc2ccc(C(=O)O)c(C(=O)O)c2)cc1)C(C(=O)O)(C(=O)O)C(=O)O. The molecule has 13 heteroatoms. The van der Waals surface area contributed by atoms with Gasteiger partial charge in [0.1, 0.15) is 16.9 Å². The van der Waals surface area contributed by atoms with Crippen LogP contribution in [-0.2, 0) is 24.6 Å². The van der Waals surface area contributed by atoms with Crippen LogP contribution >= 0.6 is 0 Å². The van der Waals surface area contributed by atoms with Crippen LogP contribution in [0.15, 0.2) is 42.5 Å². The van der Waals surface area contributed by atoms with E-state index in [2.05, 4.69) is 0 Å². The number of benzene rings is 2. The largest absolute Gasteiger partial charge is 0.481 e. The summed E-state index contributed by atoms with van der Waals surface area (Å²) < 4.78 is 5.41. The highest BCUT2D eigenvalue weighted by Gasteiger charge is 2.71. The zero-order valence-electron chi connectivity index (χ0n) is 17.1. The molecule has 0 saturated heterocycles. The standard InChI is InChI=1S/C21H16O13/c1-20(16(26)27,21(17(28)29,18(30)31)19(32)33)9-2-4-10(5-3-9)34-11-6-7-12(14(22)23)13(8-11)15(24)25/h2-8H,1H3,(H,22,23)(H,24,25)(H,26,27)(H,28,29)(H,30,31)(H,32,33). The predicted molar refractivity (Wildman–Crippen MR) is 107 cm³/mol. The Kier molecular flexibility index (Phi) is 6.63. The van der Waals surface area contributed by atoms with E-state index in [9.17, 15) is 54.3 Å². The minimum atomic E-state index is -3.79. The van der Waals surface area contributed by atoms with Crippen LogP contribution in [0.25, 0.3) is 0 Å². The van der Waals surface area contributed by atoms with Gasteiger partial charge >= 0.3 is 35.8 Å². The summed E-state index contributed by atoms with van der Waals surface area (Å²) in [4.78, 5) is 69.7. The van der Waals surface area contributed by atoms with Crippen molar-refractivity contribution in [3.8, 4) is 11.5 Å². The van der Waals surface area contributed by atoms with Crippen molar-refractivity contribution >= 4 is 35.8 Å². The van der Waals surface area contributed by atoms with Gasteiger partial charge in [-0.15, -0.1) is 0 Å². The summed E-state index contributed by atoms with van der Waals surface area (Å²) in [6.45, 7) is 0.644. The number of ether oxygens (including phenoxy) is 1. The first-order valence-corrected chi connectivity index (χ1v) is 9.03. The molecule has 0 saturated carbocycles. The first-order chi connectivity index (χ1) is 15.7. The van der Waals surface area contributed by atoms with Gasteiger partial charge in [-0.2, -0.15) is 0 Å². The Morgan fingerprint density at radius 3 is 1.44 bits per heavy atom. The maximum absolute atomic E-state index is 12.0. The van der Waals surface area contributed by atoms with Crippen molar-refractivity contribution in [3.63, 3.8) is 0 Å². The summed E-state index contributed by atoms with van der Waals surface area (Å²) in [5, 5.41) is 56.3. The number of carboxylic acid groups (broad SMARTS) is 6. The molecule has 2 aromatic carbocycles. The third kappa shape index (κ3) is 3.85. The van der Waals surface area contributed by atoms with E-state index in [-0.39, 0.29) is 11.5 Å². The second-order valence-electron chi connectivity index (χ2n) is 7.04. The Hall–Kier alpha value is -4.94. The molecule has 0 radical (unpaired) electrons. The van der Waals surface area contributed by atoms with Gasteiger partial charge in [0.25, 0.3) is 5.41 Å². The van der Waals surface area contributed by atoms with E-state index in [0.717, 1.165) is 42.5 Å². The van der Waals surface area contributed by atoms with Crippen LogP contribution in [0.1, 0.15) is 33.2 Å². The van der Waals surface area contributed by atoms with Crippen molar-refractivity contribution in [3.05, 3.63) is 59.2 Å². The van der Waals surface area contributed by atoms with E-state index >= 15 is 0 Å². The van der Waals surface area contributed by atoms with E-state index in [0.29, 0.717) is 6.92 Å². The van der Waals surface area contributed by atoms with Crippen LogP contribution in [0.2, 0.25) is 0 Å². The van der Waals surface area contributed by atoms with Gasteiger partial charge in [0.05, 0.1) is 11.1 Å². The quantitative estimate of drug-likeness (QED) is 0.267. The highest BCUT2D eigenvalue weighted by Crippen LogP contribution is 2.44. The van der Waals surface area contributed by atoms with Crippen LogP contribution in [0, 0.1) is 5.41 Å². The molecule has 178 valence electrons. The predicted octanol–water partition coefficient (Wildman–Crippen LogP) is 1.46. The zero-order valence-corrected chi connectivity index (χ0v) is 17.1. The van der Waals surface area contributed by atoms with Gasteiger partial charge in [-0.25, -0.2) is 9.59 Å². The fourth-order valence-corrected chi connectivity index (χ4v) is 3.36. The topological polar surface area (TPSA) is 233 Å². The Labute approximate surface area is 189 Å². The van der Waals surface area contributed by atoms with Gasteiger partial charge in [-0.1, -0.05) is 12.1 Å². The Morgan fingerprint density at radius 1 is 0.618 bits per heavy atom. The van der Waals surface area contributed by atoms with Crippen LogP contribution in [0.4, 0.5) is 0 Å². The molecule has 1 unspecified atom stereocenters. The molecule has 0 aliphatic carbocycles.